The molecule has 250 valence electrons. The van der Waals surface area contributed by atoms with Gasteiger partial charge in [0.05, 0.1) is 11.4 Å². The number of fused-ring (bicyclic) bond motifs is 1. The number of hydrogen-bond donors (Lipinski definition) is 0. The maximum absolute atomic E-state index is 7.38. The standard InChI is InChI=1S/C43H43ClN2O3/c1-32(45-26-10-2-3-11-27-45)49-38-20-16-33(17-21-38)29-46-41-25-24-39(48-31-35-14-8-5-9-15-35)28-40(41)42(44)43(46)36-18-22-37(23-19-36)47-30-34-12-6-4-7-13-34/h4-10,12-26,28,32,42-43H,2-3,11,27,29-31H2,1H3. The lowest BCUT2D eigenvalue weighted by Crippen LogP contribution is -2.33. The number of anilines is 1. The van der Waals surface area contributed by atoms with Gasteiger partial charge in [-0.1, -0.05) is 91.0 Å². The van der Waals surface area contributed by atoms with Crippen LogP contribution in [-0.4, -0.2) is 17.7 Å². The van der Waals surface area contributed by atoms with Crippen molar-refractivity contribution < 1.29 is 14.2 Å². The molecule has 2 heterocycles. The second-order valence-electron chi connectivity index (χ2n) is 12.8. The maximum atomic E-state index is 7.38. The van der Waals surface area contributed by atoms with Gasteiger partial charge in [0.1, 0.15) is 30.5 Å². The molecule has 0 saturated carbocycles. The number of ether oxygens (including phenoxy) is 3. The minimum Gasteiger partial charge on any atom is -0.489 e. The first kappa shape index (κ1) is 32.7. The van der Waals surface area contributed by atoms with E-state index in [1.807, 2.05) is 48.5 Å². The second-order valence-corrected chi connectivity index (χ2v) is 13.3. The third kappa shape index (κ3) is 8.06. The fourth-order valence-corrected chi connectivity index (χ4v) is 7.09. The van der Waals surface area contributed by atoms with Crippen LogP contribution in [0.1, 0.15) is 65.4 Å². The van der Waals surface area contributed by atoms with Crippen LogP contribution in [-0.2, 0) is 19.8 Å². The fraction of sp³-hybridized carbons (Fsp3) is 0.256. The van der Waals surface area contributed by atoms with Crippen molar-refractivity contribution in [3.8, 4) is 17.2 Å². The molecule has 0 bridgehead atoms. The van der Waals surface area contributed by atoms with Gasteiger partial charge in [-0.2, -0.15) is 0 Å². The van der Waals surface area contributed by atoms with Crippen molar-refractivity contribution in [3.63, 3.8) is 0 Å². The Labute approximate surface area is 295 Å². The number of benzene rings is 5. The summed E-state index contributed by atoms with van der Waals surface area (Å²) in [6.07, 6.45) is 7.95. The predicted molar refractivity (Wildman–Crippen MR) is 198 cm³/mol. The molecule has 49 heavy (non-hydrogen) atoms. The Morgan fingerprint density at radius 2 is 1.33 bits per heavy atom. The molecule has 3 atom stereocenters. The molecule has 0 amide bonds. The van der Waals surface area contributed by atoms with E-state index < -0.39 is 0 Å². The molecule has 5 aromatic carbocycles. The lowest BCUT2D eigenvalue weighted by atomic mass is 10.0. The third-order valence-corrected chi connectivity index (χ3v) is 9.79. The van der Waals surface area contributed by atoms with Gasteiger partial charge >= 0.3 is 0 Å². The van der Waals surface area contributed by atoms with Gasteiger partial charge in [-0.3, -0.25) is 0 Å². The zero-order valence-corrected chi connectivity index (χ0v) is 28.7. The first-order valence-corrected chi connectivity index (χ1v) is 17.7. The first-order valence-electron chi connectivity index (χ1n) is 17.3. The third-order valence-electron chi connectivity index (χ3n) is 9.32. The van der Waals surface area contributed by atoms with Crippen LogP contribution in [0.5, 0.6) is 17.2 Å². The van der Waals surface area contributed by atoms with Crippen molar-refractivity contribution in [1.29, 1.82) is 0 Å². The summed E-state index contributed by atoms with van der Waals surface area (Å²) < 4.78 is 18.7. The molecule has 2 aliphatic rings. The predicted octanol–water partition coefficient (Wildman–Crippen LogP) is 10.6. The Bertz CT molecular complexity index is 1810. The smallest absolute Gasteiger partial charge is 0.169 e. The zero-order chi connectivity index (χ0) is 33.4. The Hall–Kier alpha value is -4.87. The van der Waals surface area contributed by atoms with Gasteiger partial charge in [-0.05, 0) is 103 Å². The molecule has 3 unspecified atom stereocenters. The molecule has 7 rings (SSSR count). The molecule has 6 heteroatoms. The largest absolute Gasteiger partial charge is 0.489 e. The topological polar surface area (TPSA) is 34.2 Å². The van der Waals surface area contributed by atoms with E-state index in [2.05, 4.69) is 108 Å². The second kappa shape index (κ2) is 15.6. The molecule has 0 aromatic heterocycles. The Kier molecular flexibility index (Phi) is 10.4. The van der Waals surface area contributed by atoms with E-state index in [1.165, 1.54) is 18.4 Å². The van der Waals surface area contributed by atoms with Gasteiger partial charge in [0, 0.05) is 18.8 Å². The molecular weight excluding hydrogens is 628 g/mol. The molecule has 0 N–H and O–H groups in total. The maximum Gasteiger partial charge on any atom is 0.169 e. The molecule has 0 fully saturated rings. The highest BCUT2D eigenvalue weighted by atomic mass is 35.5. The van der Waals surface area contributed by atoms with Crippen molar-refractivity contribution in [2.24, 2.45) is 0 Å². The van der Waals surface area contributed by atoms with Crippen molar-refractivity contribution in [2.45, 2.75) is 63.6 Å². The highest BCUT2D eigenvalue weighted by molar-refractivity contribution is 6.22. The molecule has 0 spiro atoms. The average Bonchev–Trinajstić information content (AvgIpc) is 3.29. The Morgan fingerprint density at radius 3 is 2.02 bits per heavy atom. The summed E-state index contributed by atoms with van der Waals surface area (Å²) in [7, 11) is 0. The van der Waals surface area contributed by atoms with Gasteiger partial charge in [0.15, 0.2) is 6.23 Å². The average molecular weight is 671 g/mol. The molecule has 5 nitrogen and oxygen atoms in total. The number of alkyl halides is 1. The number of halogens is 1. The van der Waals surface area contributed by atoms with Crippen LogP contribution in [0.4, 0.5) is 5.69 Å². The van der Waals surface area contributed by atoms with Crippen molar-refractivity contribution in [1.82, 2.24) is 4.90 Å². The monoisotopic (exact) mass is 670 g/mol. The zero-order valence-electron chi connectivity index (χ0n) is 28.0. The van der Waals surface area contributed by atoms with Gasteiger partial charge in [-0.15, -0.1) is 11.6 Å². The lowest BCUT2D eigenvalue weighted by Gasteiger charge is -2.30. The fourth-order valence-electron chi connectivity index (χ4n) is 6.64. The van der Waals surface area contributed by atoms with Crippen LogP contribution >= 0.6 is 11.6 Å². The first-order chi connectivity index (χ1) is 24.1. The highest BCUT2D eigenvalue weighted by Crippen LogP contribution is 2.52. The number of allylic oxidation sites excluding steroid dienone is 1. The van der Waals surface area contributed by atoms with E-state index in [4.69, 9.17) is 25.8 Å². The highest BCUT2D eigenvalue weighted by Gasteiger charge is 2.39. The van der Waals surface area contributed by atoms with E-state index in [-0.39, 0.29) is 17.6 Å². The van der Waals surface area contributed by atoms with Crippen LogP contribution < -0.4 is 19.1 Å². The van der Waals surface area contributed by atoms with E-state index in [0.717, 1.165) is 58.2 Å². The van der Waals surface area contributed by atoms with Crippen LogP contribution in [0, 0.1) is 0 Å². The van der Waals surface area contributed by atoms with Gasteiger partial charge in [-0.25, -0.2) is 0 Å². The van der Waals surface area contributed by atoms with Crippen molar-refractivity contribution >= 4 is 17.3 Å². The molecular formula is C43H43ClN2O3. The van der Waals surface area contributed by atoms with E-state index in [9.17, 15) is 0 Å². The minimum absolute atomic E-state index is 0.0232. The lowest BCUT2D eigenvalue weighted by molar-refractivity contribution is 0.0778. The molecule has 0 aliphatic carbocycles. The van der Waals surface area contributed by atoms with Gasteiger partial charge < -0.3 is 24.0 Å². The number of rotatable bonds is 12. The summed E-state index contributed by atoms with van der Waals surface area (Å²) in [6.45, 7) is 4.86. The Morgan fingerprint density at radius 1 is 0.694 bits per heavy atom. The van der Waals surface area contributed by atoms with Crippen LogP contribution in [0.15, 0.2) is 140 Å². The van der Waals surface area contributed by atoms with Crippen LogP contribution in [0.25, 0.3) is 0 Å². The summed E-state index contributed by atoms with van der Waals surface area (Å²) in [5, 5.41) is -0.267. The summed E-state index contributed by atoms with van der Waals surface area (Å²) in [5.41, 5.74) is 6.77. The van der Waals surface area contributed by atoms with E-state index in [1.54, 1.807) is 0 Å². The summed E-state index contributed by atoms with van der Waals surface area (Å²) in [6, 6.07) is 43.5. The summed E-state index contributed by atoms with van der Waals surface area (Å²) >= 11 is 7.38. The van der Waals surface area contributed by atoms with E-state index >= 15 is 0 Å². The van der Waals surface area contributed by atoms with Crippen LogP contribution in [0.2, 0.25) is 0 Å². The van der Waals surface area contributed by atoms with E-state index in [0.29, 0.717) is 19.8 Å². The molecule has 0 saturated heterocycles. The Balaban J connectivity index is 1.10. The van der Waals surface area contributed by atoms with Crippen LogP contribution in [0.3, 0.4) is 0 Å². The van der Waals surface area contributed by atoms with Gasteiger partial charge in [0.2, 0.25) is 0 Å². The SMILES string of the molecule is CC(Oc1ccc(CN2c3ccc(OCc4ccccc4)cc3C(Cl)C2c2ccc(OCc3ccccc3)cc2)cc1)N1C=CCCCC1. The number of nitrogens with zero attached hydrogens (tertiary/aromatic N) is 2. The van der Waals surface area contributed by atoms with Crippen molar-refractivity contribution in [2.75, 3.05) is 11.4 Å². The molecule has 5 aromatic rings. The number of hydrogen-bond acceptors (Lipinski definition) is 5. The van der Waals surface area contributed by atoms with Gasteiger partial charge in [0.25, 0.3) is 0 Å². The van der Waals surface area contributed by atoms with Crippen molar-refractivity contribution in [3.05, 3.63) is 167 Å². The molecule has 2 aliphatic heterocycles. The quantitative estimate of drug-likeness (QED) is 0.123. The molecule has 0 radical (unpaired) electrons. The normalized spacial score (nSPS) is 17.7. The minimum atomic E-state index is -0.267. The summed E-state index contributed by atoms with van der Waals surface area (Å²) in [4.78, 5) is 4.69. The summed E-state index contributed by atoms with van der Waals surface area (Å²) in [5.74, 6) is 2.51.